The molecule has 0 spiro atoms. The van der Waals surface area contributed by atoms with Crippen molar-refractivity contribution < 1.29 is 14.0 Å². The third-order valence-corrected chi connectivity index (χ3v) is 9.87. The lowest BCUT2D eigenvalue weighted by molar-refractivity contribution is 0.0935. The number of nitrogens with zero attached hydrogens (tertiary/aromatic N) is 3. The lowest BCUT2D eigenvalue weighted by Crippen LogP contribution is -2.39. The van der Waals surface area contributed by atoms with Gasteiger partial charge < -0.3 is 16.4 Å². The molecule has 1 aliphatic heterocycles. The number of nitrogens with two attached hydrogens (primary N) is 1. The topological polar surface area (TPSA) is 123 Å². The molecule has 4 aromatic heterocycles. The zero-order chi connectivity index (χ0) is 31.5. The number of carbonyl (C=O) groups excluding carboxylic acids is 2. The van der Waals surface area contributed by atoms with Crippen molar-refractivity contribution in [3.8, 4) is 10.4 Å². The van der Waals surface area contributed by atoms with Gasteiger partial charge in [-0.05, 0) is 78.9 Å². The summed E-state index contributed by atoms with van der Waals surface area (Å²) in [6, 6.07) is 14.3. The van der Waals surface area contributed by atoms with Gasteiger partial charge in [-0.1, -0.05) is 32.0 Å². The number of primary amides is 1. The van der Waals surface area contributed by atoms with Gasteiger partial charge in [0.15, 0.2) is 0 Å². The van der Waals surface area contributed by atoms with Crippen LogP contribution < -0.4 is 16.4 Å². The van der Waals surface area contributed by atoms with Crippen LogP contribution in [0.5, 0.6) is 0 Å². The number of aryl methyl sites for hydroxylation is 1. The van der Waals surface area contributed by atoms with Crippen LogP contribution >= 0.6 is 11.3 Å². The minimum Gasteiger partial charge on any atom is -0.366 e. The number of amides is 2. The third-order valence-electron chi connectivity index (χ3n) is 8.69. The van der Waals surface area contributed by atoms with Crippen LogP contribution in [0.25, 0.3) is 20.5 Å². The Labute approximate surface area is 264 Å². The average Bonchev–Trinajstić information content (AvgIpc) is 3.68. The Balaban J connectivity index is 1.39. The number of pyridine rings is 3. The maximum absolute atomic E-state index is 13.9. The van der Waals surface area contributed by atoms with Gasteiger partial charge in [0, 0.05) is 34.9 Å². The highest BCUT2D eigenvalue weighted by molar-refractivity contribution is 7.22. The molecule has 5 heterocycles. The standard InChI is InChI=1S/C35H33FN6O2S/c1-18(2)15-25-27(32(37)43)28(29-31(40-25)35(3,42-34(29)44)17-19-6-8-21(36)9-7-19)26-16-20-12-14-39-33(30(20)45-26)41-24-11-10-23-22(24)5-4-13-38-23/h4-9,12-14,16,18,24H,10-11,15,17H2,1-3H3,(H2,37,43)(H,39,41)(H,42,44)/t24-,35+/m0/s1. The molecule has 0 saturated carbocycles. The molecule has 5 aromatic rings. The highest BCUT2D eigenvalue weighted by Gasteiger charge is 2.44. The predicted octanol–water partition coefficient (Wildman–Crippen LogP) is 6.49. The Morgan fingerprint density at radius 3 is 2.71 bits per heavy atom. The van der Waals surface area contributed by atoms with Crippen LogP contribution in [-0.2, 0) is 24.8 Å². The second-order valence-corrected chi connectivity index (χ2v) is 13.6. The lowest BCUT2D eigenvalue weighted by Gasteiger charge is -2.26. The largest absolute Gasteiger partial charge is 0.366 e. The molecule has 0 saturated heterocycles. The molecule has 2 amide bonds. The SMILES string of the molecule is CC(C)Cc1nc2c(c(-c3cc4ccnc(N[C@H]5CCc6ncccc65)c4s3)c1C(N)=O)C(=O)N[C@]2(C)Cc1ccc(F)cc1. The molecule has 7 rings (SSSR count). The minimum absolute atomic E-state index is 0.0827. The number of carbonyl (C=O) groups is 2. The molecule has 2 aliphatic rings. The number of thiophene rings is 1. The first-order valence-corrected chi connectivity index (χ1v) is 16.0. The molecule has 10 heteroatoms. The van der Waals surface area contributed by atoms with Crippen molar-refractivity contribution in [1.82, 2.24) is 20.3 Å². The lowest BCUT2D eigenvalue weighted by atomic mass is 9.86. The van der Waals surface area contributed by atoms with Crippen LogP contribution in [0.3, 0.4) is 0 Å². The number of aromatic nitrogens is 3. The number of anilines is 1. The molecule has 0 unspecified atom stereocenters. The Kier molecular flexibility index (Phi) is 7.12. The molecule has 2 atom stereocenters. The highest BCUT2D eigenvalue weighted by Crippen LogP contribution is 2.46. The number of hydrogen-bond donors (Lipinski definition) is 3. The van der Waals surface area contributed by atoms with E-state index in [1.165, 1.54) is 29.0 Å². The van der Waals surface area contributed by atoms with Crippen molar-refractivity contribution in [3.05, 3.63) is 106 Å². The predicted molar refractivity (Wildman–Crippen MR) is 174 cm³/mol. The summed E-state index contributed by atoms with van der Waals surface area (Å²) in [4.78, 5) is 42.0. The van der Waals surface area contributed by atoms with Gasteiger partial charge in [-0.25, -0.2) is 9.37 Å². The summed E-state index contributed by atoms with van der Waals surface area (Å²) in [5.74, 6) is -0.349. The summed E-state index contributed by atoms with van der Waals surface area (Å²) in [7, 11) is 0. The number of benzene rings is 1. The molecular weight excluding hydrogens is 587 g/mol. The first-order valence-electron chi connectivity index (χ1n) is 15.1. The van der Waals surface area contributed by atoms with Gasteiger partial charge in [0.2, 0.25) is 0 Å². The molecule has 1 aromatic carbocycles. The van der Waals surface area contributed by atoms with E-state index in [9.17, 15) is 14.0 Å². The molecule has 0 fully saturated rings. The summed E-state index contributed by atoms with van der Waals surface area (Å²) in [6.45, 7) is 6.03. The molecule has 1 aliphatic carbocycles. The number of rotatable bonds is 8. The van der Waals surface area contributed by atoms with E-state index in [0.29, 0.717) is 35.4 Å². The van der Waals surface area contributed by atoms with Crippen LogP contribution in [-0.4, -0.2) is 26.8 Å². The van der Waals surface area contributed by atoms with E-state index in [0.717, 1.165) is 44.9 Å². The zero-order valence-electron chi connectivity index (χ0n) is 25.3. The second-order valence-electron chi connectivity index (χ2n) is 12.5. The summed E-state index contributed by atoms with van der Waals surface area (Å²) in [5.41, 5.74) is 10.6. The number of fused-ring (bicyclic) bond motifs is 3. The van der Waals surface area contributed by atoms with Crippen molar-refractivity contribution in [1.29, 1.82) is 0 Å². The molecule has 0 bridgehead atoms. The Morgan fingerprint density at radius 1 is 1.16 bits per heavy atom. The summed E-state index contributed by atoms with van der Waals surface area (Å²) >= 11 is 1.48. The minimum atomic E-state index is -0.879. The van der Waals surface area contributed by atoms with Crippen molar-refractivity contribution in [2.75, 3.05) is 5.32 Å². The second kappa shape index (κ2) is 11.0. The monoisotopic (exact) mass is 620 g/mol. The maximum Gasteiger partial charge on any atom is 0.254 e. The van der Waals surface area contributed by atoms with E-state index < -0.39 is 11.4 Å². The first-order chi connectivity index (χ1) is 21.6. The zero-order valence-corrected chi connectivity index (χ0v) is 26.1. The van der Waals surface area contributed by atoms with Gasteiger partial charge in [-0.15, -0.1) is 11.3 Å². The normalized spacial score (nSPS) is 18.7. The highest BCUT2D eigenvalue weighted by atomic mass is 32.1. The van der Waals surface area contributed by atoms with Gasteiger partial charge >= 0.3 is 0 Å². The first kappa shape index (κ1) is 29.0. The smallest absolute Gasteiger partial charge is 0.254 e. The summed E-state index contributed by atoms with van der Waals surface area (Å²) in [5, 5.41) is 7.72. The van der Waals surface area contributed by atoms with E-state index >= 15 is 0 Å². The van der Waals surface area contributed by atoms with E-state index in [2.05, 4.69) is 35.5 Å². The van der Waals surface area contributed by atoms with E-state index in [4.69, 9.17) is 15.7 Å². The Hall–Kier alpha value is -4.70. The van der Waals surface area contributed by atoms with Crippen LogP contribution in [0.4, 0.5) is 10.2 Å². The van der Waals surface area contributed by atoms with Crippen molar-refractivity contribution in [2.45, 2.75) is 58.0 Å². The fourth-order valence-electron chi connectivity index (χ4n) is 6.73. The van der Waals surface area contributed by atoms with E-state index in [1.54, 1.807) is 18.3 Å². The fourth-order valence-corrected chi connectivity index (χ4v) is 7.90. The Morgan fingerprint density at radius 2 is 1.96 bits per heavy atom. The van der Waals surface area contributed by atoms with Crippen LogP contribution in [0.2, 0.25) is 0 Å². The van der Waals surface area contributed by atoms with Crippen molar-refractivity contribution in [2.24, 2.45) is 11.7 Å². The Bertz CT molecular complexity index is 1990. The van der Waals surface area contributed by atoms with Gasteiger partial charge in [0.25, 0.3) is 11.8 Å². The van der Waals surface area contributed by atoms with Crippen molar-refractivity contribution in [3.63, 3.8) is 0 Å². The average molecular weight is 621 g/mol. The van der Waals surface area contributed by atoms with E-state index in [1.807, 2.05) is 31.3 Å². The van der Waals surface area contributed by atoms with Crippen molar-refractivity contribution >= 4 is 39.1 Å². The van der Waals surface area contributed by atoms with Gasteiger partial charge in [0.05, 0.1) is 38.8 Å². The quantitative estimate of drug-likeness (QED) is 0.182. The number of halogens is 1. The van der Waals surface area contributed by atoms with Crippen LogP contribution in [0, 0.1) is 11.7 Å². The summed E-state index contributed by atoms with van der Waals surface area (Å²) in [6.07, 6.45) is 6.31. The third kappa shape index (κ3) is 5.12. The molecular formula is C35H33FN6O2S. The van der Waals surface area contributed by atoms with Crippen LogP contribution in [0.1, 0.15) is 82.2 Å². The maximum atomic E-state index is 13.9. The van der Waals surface area contributed by atoms with Gasteiger partial charge in [-0.3, -0.25) is 19.6 Å². The van der Waals surface area contributed by atoms with Gasteiger partial charge in [-0.2, -0.15) is 0 Å². The molecule has 8 nitrogen and oxygen atoms in total. The summed E-state index contributed by atoms with van der Waals surface area (Å²) < 4.78 is 14.6. The molecule has 228 valence electrons. The number of hydrogen-bond acceptors (Lipinski definition) is 7. The fraction of sp³-hybridized carbons (Fsp3) is 0.286. The molecule has 4 N–H and O–H groups in total. The number of nitrogens with one attached hydrogen (secondary N) is 2. The van der Waals surface area contributed by atoms with Crippen LogP contribution in [0.15, 0.2) is 60.9 Å². The van der Waals surface area contributed by atoms with Gasteiger partial charge in [0.1, 0.15) is 11.6 Å². The molecule has 45 heavy (non-hydrogen) atoms. The van der Waals surface area contributed by atoms with E-state index in [-0.39, 0.29) is 29.2 Å². The molecule has 0 radical (unpaired) electrons.